The number of carbonyl (C=O) groups is 2. The summed E-state index contributed by atoms with van der Waals surface area (Å²) in [5, 5.41) is 6.59. The van der Waals surface area contributed by atoms with Crippen LogP contribution in [0.25, 0.3) is 0 Å². The molecule has 0 fully saturated rings. The van der Waals surface area contributed by atoms with Crippen LogP contribution in [-0.4, -0.2) is 45.8 Å². The van der Waals surface area contributed by atoms with Gasteiger partial charge in [0.25, 0.3) is 0 Å². The van der Waals surface area contributed by atoms with Crippen LogP contribution in [0.15, 0.2) is 48.5 Å². The fourth-order valence-corrected chi connectivity index (χ4v) is 2.95. The Morgan fingerprint density at radius 1 is 1.07 bits per heavy atom. The predicted molar refractivity (Wildman–Crippen MR) is 115 cm³/mol. The Morgan fingerprint density at radius 3 is 2.47 bits per heavy atom. The maximum atomic E-state index is 12.3. The van der Waals surface area contributed by atoms with Crippen LogP contribution >= 0.6 is 11.6 Å². The minimum atomic E-state index is -0.807. The molecule has 0 aliphatic rings. The molecule has 1 amide bonds. The van der Waals surface area contributed by atoms with Crippen LogP contribution in [0.3, 0.4) is 0 Å². The van der Waals surface area contributed by atoms with E-state index in [0.717, 1.165) is 5.56 Å². The number of hydrogen-bond donors (Lipinski definition) is 2. The van der Waals surface area contributed by atoms with Gasteiger partial charge in [-0.3, -0.25) is 14.9 Å². The first-order valence-corrected chi connectivity index (χ1v) is 9.85. The molecule has 0 heterocycles. The van der Waals surface area contributed by atoms with E-state index in [1.165, 1.54) is 7.11 Å². The highest BCUT2D eigenvalue weighted by atomic mass is 35.5. The van der Waals surface area contributed by atoms with Crippen molar-refractivity contribution in [2.24, 2.45) is 0 Å². The van der Waals surface area contributed by atoms with Crippen molar-refractivity contribution >= 4 is 23.5 Å². The molecular weight excluding hydrogens is 408 g/mol. The van der Waals surface area contributed by atoms with Crippen molar-refractivity contribution in [3.8, 4) is 11.5 Å². The summed E-state index contributed by atoms with van der Waals surface area (Å²) in [5.74, 6) is 0.739. The maximum absolute atomic E-state index is 12.3. The third-order valence-electron chi connectivity index (χ3n) is 4.58. The third-order valence-corrected chi connectivity index (χ3v) is 4.83. The lowest BCUT2D eigenvalue weighted by Gasteiger charge is -2.30. The van der Waals surface area contributed by atoms with Crippen LogP contribution in [0, 0.1) is 0 Å². The average molecular weight is 435 g/mol. The highest BCUT2D eigenvalue weighted by Crippen LogP contribution is 2.28. The lowest BCUT2D eigenvalue weighted by Crippen LogP contribution is -2.47. The molecule has 0 saturated heterocycles. The quantitative estimate of drug-likeness (QED) is 0.418. The van der Waals surface area contributed by atoms with E-state index in [-0.39, 0.29) is 24.8 Å². The zero-order valence-corrected chi connectivity index (χ0v) is 18.1. The number of benzene rings is 2. The fourth-order valence-electron chi connectivity index (χ4n) is 2.82. The number of esters is 1. The van der Waals surface area contributed by atoms with Crippen molar-refractivity contribution < 1.29 is 23.8 Å². The van der Waals surface area contributed by atoms with Crippen LogP contribution in [0.1, 0.15) is 18.9 Å². The molecule has 0 bridgehead atoms. The zero-order valence-electron chi connectivity index (χ0n) is 17.4. The first-order valence-electron chi connectivity index (χ1n) is 9.48. The van der Waals surface area contributed by atoms with Crippen molar-refractivity contribution in [3.63, 3.8) is 0 Å². The monoisotopic (exact) mass is 434 g/mol. The van der Waals surface area contributed by atoms with Gasteiger partial charge in [0, 0.05) is 5.02 Å². The smallest absolute Gasteiger partial charge is 0.307 e. The average Bonchev–Trinajstić information content (AvgIpc) is 2.76. The summed E-state index contributed by atoms with van der Waals surface area (Å²) in [6, 6.07) is 14.3. The van der Waals surface area contributed by atoms with Gasteiger partial charge < -0.3 is 19.5 Å². The molecule has 2 N–H and O–H groups in total. The van der Waals surface area contributed by atoms with E-state index < -0.39 is 5.54 Å². The molecule has 0 aromatic heterocycles. The van der Waals surface area contributed by atoms with Gasteiger partial charge in [-0.15, -0.1) is 0 Å². The Bertz CT molecular complexity index is 844. The standard InChI is InChI=1S/C22H27ClN2O5/c1-22(14-21(27)29-3,16-5-4-6-19(13-16)28-2)25-15-20(26)24-11-12-30-18-9-7-17(23)8-10-18/h4-10,13,25H,11-12,14-15H2,1-3H3,(H,24,26)/t22-/m1/s1. The van der Waals surface area contributed by atoms with Crippen LogP contribution in [0.2, 0.25) is 5.02 Å². The van der Waals surface area contributed by atoms with Crippen molar-refractivity contribution in [2.45, 2.75) is 18.9 Å². The van der Waals surface area contributed by atoms with Gasteiger partial charge in [-0.05, 0) is 48.9 Å². The Kier molecular flexibility index (Phi) is 8.95. The van der Waals surface area contributed by atoms with Gasteiger partial charge in [0.1, 0.15) is 18.1 Å². The second-order valence-electron chi connectivity index (χ2n) is 6.82. The first kappa shape index (κ1) is 23.5. The molecule has 8 heteroatoms. The van der Waals surface area contributed by atoms with Crippen molar-refractivity contribution in [1.82, 2.24) is 10.6 Å². The van der Waals surface area contributed by atoms with E-state index in [1.807, 2.05) is 31.2 Å². The molecule has 0 radical (unpaired) electrons. The Balaban J connectivity index is 1.89. The van der Waals surface area contributed by atoms with Gasteiger partial charge in [0.2, 0.25) is 5.91 Å². The van der Waals surface area contributed by atoms with Crippen molar-refractivity contribution in [1.29, 1.82) is 0 Å². The molecule has 30 heavy (non-hydrogen) atoms. The molecule has 2 aromatic carbocycles. The second-order valence-corrected chi connectivity index (χ2v) is 7.26. The normalized spacial score (nSPS) is 12.5. The molecule has 2 aromatic rings. The van der Waals surface area contributed by atoms with Crippen LogP contribution < -0.4 is 20.1 Å². The number of hydrogen-bond acceptors (Lipinski definition) is 6. The van der Waals surface area contributed by atoms with E-state index in [4.69, 9.17) is 25.8 Å². The van der Waals surface area contributed by atoms with Gasteiger partial charge in [-0.25, -0.2) is 0 Å². The number of amides is 1. The molecule has 2 rings (SSSR count). The number of rotatable bonds is 11. The van der Waals surface area contributed by atoms with E-state index in [2.05, 4.69) is 10.6 Å². The Morgan fingerprint density at radius 2 is 1.80 bits per heavy atom. The summed E-state index contributed by atoms with van der Waals surface area (Å²) in [5.41, 5.74) is 0.00446. The molecule has 0 unspecified atom stereocenters. The second kappa shape index (κ2) is 11.4. The lowest BCUT2D eigenvalue weighted by molar-refractivity contribution is -0.142. The molecule has 7 nitrogen and oxygen atoms in total. The molecule has 0 spiro atoms. The van der Waals surface area contributed by atoms with Gasteiger partial charge in [-0.2, -0.15) is 0 Å². The van der Waals surface area contributed by atoms with Crippen molar-refractivity contribution in [3.05, 3.63) is 59.1 Å². The number of methoxy groups -OCH3 is 2. The van der Waals surface area contributed by atoms with Gasteiger partial charge >= 0.3 is 5.97 Å². The Labute approximate surface area is 181 Å². The molecule has 0 aliphatic carbocycles. The highest BCUT2D eigenvalue weighted by molar-refractivity contribution is 6.30. The number of carbonyl (C=O) groups excluding carboxylic acids is 2. The van der Waals surface area contributed by atoms with Crippen LogP contribution in [0.5, 0.6) is 11.5 Å². The number of halogens is 1. The largest absolute Gasteiger partial charge is 0.497 e. The maximum Gasteiger partial charge on any atom is 0.307 e. The minimum Gasteiger partial charge on any atom is -0.497 e. The summed E-state index contributed by atoms with van der Waals surface area (Å²) in [6.07, 6.45) is 0.0592. The fraction of sp³-hybridized carbons (Fsp3) is 0.364. The number of ether oxygens (including phenoxy) is 3. The summed E-state index contributed by atoms with van der Waals surface area (Å²) >= 11 is 5.83. The SMILES string of the molecule is COC(=O)C[C@@](C)(NCC(=O)NCCOc1ccc(Cl)cc1)c1cccc(OC)c1. The molecule has 0 saturated carbocycles. The lowest BCUT2D eigenvalue weighted by atomic mass is 9.88. The zero-order chi connectivity index (χ0) is 22.0. The van der Waals surface area contributed by atoms with Gasteiger partial charge in [0.05, 0.1) is 39.3 Å². The first-order chi connectivity index (χ1) is 14.4. The summed E-state index contributed by atoms with van der Waals surface area (Å²) < 4.78 is 15.6. The van der Waals surface area contributed by atoms with E-state index in [9.17, 15) is 9.59 Å². The van der Waals surface area contributed by atoms with E-state index in [0.29, 0.717) is 29.7 Å². The highest BCUT2D eigenvalue weighted by Gasteiger charge is 2.30. The summed E-state index contributed by atoms with van der Waals surface area (Å²) in [7, 11) is 2.91. The van der Waals surface area contributed by atoms with Crippen molar-refractivity contribution in [2.75, 3.05) is 33.9 Å². The molecule has 1 atom stereocenters. The third kappa shape index (κ3) is 7.24. The molecular formula is C22H27ClN2O5. The van der Waals surface area contributed by atoms with Crippen LogP contribution in [-0.2, 0) is 19.9 Å². The van der Waals surface area contributed by atoms with E-state index >= 15 is 0 Å². The Hall–Kier alpha value is -2.77. The summed E-state index contributed by atoms with van der Waals surface area (Å²) in [6.45, 7) is 2.53. The summed E-state index contributed by atoms with van der Waals surface area (Å²) in [4.78, 5) is 24.2. The number of nitrogens with one attached hydrogen (secondary N) is 2. The molecule has 162 valence electrons. The topological polar surface area (TPSA) is 85.9 Å². The minimum absolute atomic E-state index is 0.0195. The molecule has 0 aliphatic heterocycles. The van der Waals surface area contributed by atoms with Gasteiger partial charge in [0.15, 0.2) is 0 Å². The van der Waals surface area contributed by atoms with E-state index in [1.54, 1.807) is 31.4 Å². The van der Waals surface area contributed by atoms with Crippen LogP contribution in [0.4, 0.5) is 0 Å². The van der Waals surface area contributed by atoms with Gasteiger partial charge in [-0.1, -0.05) is 23.7 Å². The predicted octanol–water partition coefficient (Wildman–Crippen LogP) is 2.91.